The largest absolute Gasteiger partial charge is 0.356 e. The van der Waals surface area contributed by atoms with Crippen molar-refractivity contribution in [1.29, 1.82) is 0 Å². The van der Waals surface area contributed by atoms with Gasteiger partial charge < -0.3 is 10.6 Å². The van der Waals surface area contributed by atoms with E-state index in [-0.39, 0.29) is 17.7 Å². The van der Waals surface area contributed by atoms with Gasteiger partial charge in [-0.3, -0.25) is 9.59 Å². The molecule has 0 unspecified atom stereocenters. The summed E-state index contributed by atoms with van der Waals surface area (Å²) in [5.41, 5.74) is 1.66. The lowest BCUT2D eigenvalue weighted by Gasteiger charge is -2.14. The quantitative estimate of drug-likeness (QED) is 0.702. The van der Waals surface area contributed by atoms with Crippen LogP contribution in [-0.4, -0.2) is 24.9 Å². The van der Waals surface area contributed by atoms with Crippen LogP contribution in [0.4, 0.5) is 8.78 Å². The highest BCUT2D eigenvalue weighted by Gasteiger charge is 2.30. The Morgan fingerprint density at radius 3 is 2.23 bits per heavy atom. The van der Waals surface area contributed by atoms with E-state index < -0.39 is 23.1 Å². The predicted octanol–water partition coefficient (Wildman–Crippen LogP) is 4.48. The molecule has 4 nitrogen and oxygen atoms in total. The molecule has 3 rings (SSSR count). The molecule has 2 atom stereocenters. The van der Waals surface area contributed by atoms with Crippen LogP contribution in [0.5, 0.6) is 0 Å². The summed E-state index contributed by atoms with van der Waals surface area (Å²) in [7, 11) is 0. The minimum Gasteiger partial charge on any atom is -0.356 e. The molecule has 2 N–H and O–H groups in total. The molecule has 0 bridgehead atoms. The zero-order chi connectivity index (χ0) is 21.7. The molecular formula is C24H28F2N2O2. The van der Waals surface area contributed by atoms with Crippen molar-refractivity contribution < 1.29 is 18.4 Å². The standard InChI is InChI=1S/C24H28F2N2O2/c1-3-15-5-8-17(9-6-15)19-12-20(25)22(21(26)13-19)24(30)28-14-16-7-10-18(11-16)23(29)27-4-2/h5-6,8-9,12-13,16,18H,3-4,7,10-11,14H2,1-2H3,(H,27,29)(H,28,30)/t16-,18+/m1/s1. The molecule has 160 valence electrons. The van der Waals surface area contributed by atoms with Gasteiger partial charge in [0.1, 0.15) is 17.2 Å². The Labute approximate surface area is 176 Å². The summed E-state index contributed by atoms with van der Waals surface area (Å²) in [5, 5.41) is 5.45. The van der Waals surface area contributed by atoms with Crippen molar-refractivity contribution in [2.24, 2.45) is 11.8 Å². The predicted molar refractivity (Wildman–Crippen MR) is 113 cm³/mol. The van der Waals surface area contributed by atoms with Crippen molar-refractivity contribution in [3.8, 4) is 11.1 Å². The van der Waals surface area contributed by atoms with Crippen molar-refractivity contribution in [1.82, 2.24) is 10.6 Å². The van der Waals surface area contributed by atoms with E-state index in [2.05, 4.69) is 10.6 Å². The molecule has 1 aliphatic carbocycles. The zero-order valence-electron chi connectivity index (χ0n) is 17.4. The van der Waals surface area contributed by atoms with Crippen LogP contribution in [0.3, 0.4) is 0 Å². The van der Waals surface area contributed by atoms with Crippen LogP contribution in [-0.2, 0) is 11.2 Å². The monoisotopic (exact) mass is 414 g/mol. The number of amides is 2. The number of halogens is 2. The lowest BCUT2D eigenvalue weighted by molar-refractivity contribution is -0.124. The molecule has 1 saturated carbocycles. The maximum absolute atomic E-state index is 14.6. The van der Waals surface area contributed by atoms with Gasteiger partial charge in [-0.15, -0.1) is 0 Å². The first-order valence-electron chi connectivity index (χ1n) is 10.6. The molecule has 0 spiro atoms. The molecular weight excluding hydrogens is 386 g/mol. The summed E-state index contributed by atoms with van der Waals surface area (Å²) < 4.78 is 29.2. The molecule has 2 aromatic carbocycles. The fraction of sp³-hybridized carbons (Fsp3) is 0.417. The van der Waals surface area contributed by atoms with Crippen LogP contribution < -0.4 is 10.6 Å². The number of rotatable bonds is 7. The first-order chi connectivity index (χ1) is 14.4. The van der Waals surface area contributed by atoms with Crippen LogP contribution in [0.15, 0.2) is 36.4 Å². The molecule has 0 heterocycles. The van der Waals surface area contributed by atoms with E-state index in [1.54, 1.807) is 0 Å². The third kappa shape index (κ3) is 5.04. The van der Waals surface area contributed by atoms with Gasteiger partial charge in [-0.25, -0.2) is 8.78 Å². The van der Waals surface area contributed by atoms with Crippen molar-refractivity contribution in [2.75, 3.05) is 13.1 Å². The van der Waals surface area contributed by atoms with Crippen LogP contribution in [0.25, 0.3) is 11.1 Å². The average molecular weight is 414 g/mol. The summed E-state index contributed by atoms with van der Waals surface area (Å²) in [6, 6.07) is 9.86. The van der Waals surface area contributed by atoms with E-state index in [9.17, 15) is 18.4 Å². The first-order valence-corrected chi connectivity index (χ1v) is 10.6. The maximum atomic E-state index is 14.6. The number of hydrogen-bond donors (Lipinski definition) is 2. The van der Waals surface area contributed by atoms with Gasteiger partial charge in [0, 0.05) is 19.0 Å². The molecule has 0 aromatic heterocycles. The highest BCUT2D eigenvalue weighted by molar-refractivity contribution is 5.95. The van der Waals surface area contributed by atoms with E-state index in [1.165, 1.54) is 12.1 Å². The smallest absolute Gasteiger partial charge is 0.257 e. The van der Waals surface area contributed by atoms with Gasteiger partial charge >= 0.3 is 0 Å². The molecule has 0 aliphatic heterocycles. The van der Waals surface area contributed by atoms with Crippen LogP contribution in [0.1, 0.15) is 49.0 Å². The Morgan fingerprint density at radius 1 is 0.967 bits per heavy atom. The topological polar surface area (TPSA) is 58.2 Å². The van der Waals surface area contributed by atoms with Gasteiger partial charge in [-0.2, -0.15) is 0 Å². The highest BCUT2D eigenvalue weighted by Crippen LogP contribution is 2.31. The number of benzene rings is 2. The van der Waals surface area contributed by atoms with Gasteiger partial charge in [0.05, 0.1) is 0 Å². The van der Waals surface area contributed by atoms with E-state index in [0.717, 1.165) is 24.8 Å². The normalized spacial score (nSPS) is 18.3. The molecule has 6 heteroatoms. The second kappa shape index (κ2) is 9.83. The fourth-order valence-corrected chi connectivity index (χ4v) is 4.03. The summed E-state index contributed by atoms with van der Waals surface area (Å²) in [4.78, 5) is 24.3. The summed E-state index contributed by atoms with van der Waals surface area (Å²) in [6.07, 6.45) is 3.12. The van der Waals surface area contributed by atoms with E-state index in [4.69, 9.17) is 0 Å². The Hall–Kier alpha value is -2.76. The second-order valence-electron chi connectivity index (χ2n) is 7.85. The summed E-state index contributed by atoms with van der Waals surface area (Å²) >= 11 is 0. The second-order valence-corrected chi connectivity index (χ2v) is 7.85. The fourth-order valence-electron chi connectivity index (χ4n) is 4.03. The summed E-state index contributed by atoms with van der Waals surface area (Å²) in [5.74, 6) is -2.42. The van der Waals surface area contributed by atoms with Crippen LogP contribution in [0.2, 0.25) is 0 Å². The van der Waals surface area contributed by atoms with Gasteiger partial charge in [-0.05, 0) is 67.3 Å². The van der Waals surface area contributed by atoms with Crippen LogP contribution in [0, 0.1) is 23.5 Å². The zero-order valence-corrected chi connectivity index (χ0v) is 17.4. The number of aryl methyl sites for hydroxylation is 1. The van der Waals surface area contributed by atoms with E-state index >= 15 is 0 Å². The minimum absolute atomic E-state index is 0.0333. The third-order valence-corrected chi connectivity index (χ3v) is 5.78. The minimum atomic E-state index is -0.881. The molecule has 2 amide bonds. The van der Waals surface area contributed by atoms with Gasteiger partial charge in [0.2, 0.25) is 5.91 Å². The molecule has 2 aromatic rings. The van der Waals surface area contributed by atoms with Crippen molar-refractivity contribution in [2.45, 2.75) is 39.5 Å². The summed E-state index contributed by atoms with van der Waals surface area (Å²) in [6.45, 7) is 4.80. The third-order valence-electron chi connectivity index (χ3n) is 5.78. The molecule has 1 fully saturated rings. The molecule has 0 radical (unpaired) electrons. The SMILES string of the molecule is CCNC(=O)[C@H]1CC[C@@H](CNC(=O)c2c(F)cc(-c3ccc(CC)cc3)cc2F)C1. The Balaban J connectivity index is 1.64. The lowest BCUT2D eigenvalue weighted by Crippen LogP contribution is -2.31. The number of carbonyl (C=O) groups excluding carboxylic acids is 2. The molecule has 1 aliphatic rings. The van der Waals surface area contributed by atoms with Crippen molar-refractivity contribution in [3.05, 3.63) is 59.2 Å². The van der Waals surface area contributed by atoms with E-state index in [1.807, 2.05) is 38.1 Å². The van der Waals surface area contributed by atoms with Gasteiger partial charge in [0.15, 0.2) is 0 Å². The number of hydrogen-bond acceptors (Lipinski definition) is 2. The van der Waals surface area contributed by atoms with Crippen molar-refractivity contribution in [3.63, 3.8) is 0 Å². The molecule has 0 saturated heterocycles. The van der Waals surface area contributed by atoms with Crippen LogP contribution >= 0.6 is 0 Å². The Morgan fingerprint density at radius 2 is 1.63 bits per heavy atom. The van der Waals surface area contributed by atoms with Gasteiger partial charge in [-0.1, -0.05) is 31.2 Å². The Kier molecular flexibility index (Phi) is 7.19. The average Bonchev–Trinajstić information content (AvgIpc) is 3.21. The highest BCUT2D eigenvalue weighted by atomic mass is 19.1. The molecule has 30 heavy (non-hydrogen) atoms. The number of nitrogens with one attached hydrogen (secondary N) is 2. The first kappa shape index (κ1) is 21.9. The number of carbonyl (C=O) groups is 2. The Bertz CT molecular complexity index is 889. The van der Waals surface area contributed by atoms with E-state index in [0.29, 0.717) is 30.6 Å². The van der Waals surface area contributed by atoms with Crippen molar-refractivity contribution >= 4 is 11.8 Å². The van der Waals surface area contributed by atoms with Gasteiger partial charge in [0.25, 0.3) is 5.91 Å². The maximum Gasteiger partial charge on any atom is 0.257 e. The lowest BCUT2D eigenvalue weighted by atomic mass is 10.0.